The van der Waals surface area contributed by atoms with Crippen LogP contribution in [-0.4, -0.2) is 9.97 Å². The standard InChI is InChI=1S/C26H25FN2O2S/c1-19-6-9-21(24(27)16-19)10-13-25-29-22(18-31-25)17-30-23-11-7-20(8-12-23)4-2-3-5-26-28-14-15-32-26/h6-16,18H,2-5,17H2,1H3/b13-10+. The number of unbranched alkanes of at least 4 members (excludes halogenated alkanes) is 1. The van der Waals surface area contributed by atoms with Crippen LogP contribution in [0.3, 0.4) is 0 Å². The van der Waals surface area contributed by atoms with Crippen molar-refractivity contribution in [2.75, 3.05) is 0 Å². The number of oxazole rings is 1. The molecule has 0 aliphatic rings. The maximum absolute atomic E-state index is 13.9. The third-order valence-electron chi connectivity index (χ3n) is 5.03. The Morgan fingerprint density at radius 2 is 1.91 bits per heavy atom. The fourth-order valence-electron chi connectivity index (χ4n) is 3.29. The molecule has 0 aliphatic carbocycles. The fourth-order valence-corrected chi connectivity index (χ4v) is 3.95. The van der Waals surface area contributed by atoms with E-state index >= 15 is 0 Å². The molecule has 0 amide bonds. The second-order valence-corrected chi connectivity index (χ2v) is 8.58. The van der Waals surface area contributed by atoms with Crippen molar-refractivity contribution in [1.82, 2.24) is 9.97 Å². The summed E-state index contributed by atoms with van der Waals surface area (Å²) in [5, 5.41) is 3.24. The monoisotopic (exact) mass is 448 g/mol. The van der Waals surface area contributed by atoms with E-state index in [4.69, 9.17) is 9.15 Å². The van der Waals surface area contributed by atoms with Crippen LogP contribution in [0.2, 0.25) is 0 Å². The van der Waals surface area contributed by atoms with Crippen molar-refractivity contribution in [2.45, 2.75) is 39.2 Å². The molecule has 0 unspecified atom stereocenters. The molecule has 32 heavy (non-hydrogen) atoms. The lowest BCUT2D eigenvalue weighted by Gasteiger charge is -2.06. The summed E-state index contributed by atoms with van der Waals surface area (Å²) < 4.78 is 25.2. The van der Waals surface area contributed by atoms with E-state index in [1.54, 1.807) is 35.8 Å². The van der Waals surface area contributed by atoms with Crippen LogP contribution in [0.1, 0.15) is 46.1 Å². The number of hydrogen-bond donors (Lipinski definition) is 0. The molecular weight excluding hydrogens is 423 g/mol. The number of nitrogens with zero attached hydrogens (tertiary/aromatic N) is 2. The molecule has 164 valence electrons. The van der Waals surface area contributed by atoms with Gasteiger partial charge in [-0.1, -0.05) is 24.3 Å². The van der Waals surface area contributed by atoms with Gasteiger partial charge in [-0.2, -0.15) is 0 Å². The maximum Gasteiger partial charge on any atom is 0.218 e. The highest BCUT2D eigenvalue weighted by Crippen LogP contribution is 2.18. The highest BCUT2D eigenvalue weighted by atomic mass is 32.1. The van der Waals surface area contributed by atoms with Crippen LogP contribution >= 0.6 is 11.3 Å². The normalized spacial score (nSPS) is 11.3. The minimum Gasteiger partial charge on any atom is -0.487 e. The number of rotatable bonds is 10. The summed E-state index contributed by atoms with van der Waals surface area (Å²) in [5.41, 5.74) is 3.36. The second kappa shape index (κ2) is 10.9. The van der Waals surface area contributed by atoms with Gasteiger partial charge in [0.05, 0.1) is 5.01 Å². The van der Waals surface area contributed by atoms with Crippen LogP contribution in [0, 0.1) is 12.7 Å². The number of benzene rings is 2. The lowest BCUT2D eigenvalue weighted by atomic mass is 10.1. The Morgan fingerprint density at radius 3 is 2.69 bits per heavy atom. The van der Waals surface area contributed by atoms with Crippen molar-refractivity contribution in [3.63, 3.8) is 0 Å². The number of ether oxygens (including phenoxy) is 1. The van der Waals surface area contributed by atoms with E-state index in [-0.39, 0.29) is 5.82 Å². The molecule has 4 nitrogen and oxygen atoms in total. The van der Waals surface area contributed by atoms with Gasteiger partial charge in [-0.25, -0.2) is 14.4 Å². The molecule has 0 aliphatic heterocycles. The topological polar surface area (TPSA) is 48.2 Å². The van der Waals surface area contributed by atoms with Crippen molar-refractivity contribution < 1.29 is 13.5 Å². The van der Waals surface area contributed by atoms with Gasteiger partial charge in [0.25, 0.3) is 0 Å². The van der Waals surface area contributed by atoms with Crippen molar-refractivity contribution >= 4 is 23.5 Å². The molecule has 0 spiro atoms. The van der Waals surface area contributed by atoms with E-state index in [2.05, 4.69) is 22.1 Å². The lowest BCUT2D eigenvalue weighted by Crippen LogP contribution is -1.96. The van der Waals surface area contributed by atoms with Crippen LogP contribution in [0.25, 0.3) is 12.2 Å². The average Bonchev–Trinajstić information content (AvgIpc) is 3.48. The van der Waals surface area contributed by atoms with Crippen LogP contribution in [0.4, 0.5) is 4.39 Å². The third-order valence-corrected chi connectivity index (χ3v) is 5.87. The molecule has 0 saturated carbocycles. The number of aryl methyl sites for hydroxylation is 3. The van der Waals surface area contributed by atoms with Crippen molar-refractivity contribution in [2.24, 2.45) is 0 Å². The Labute approximate surface area is 191 Å². The number of hydrogen-bond acceptors (Lipinski definition) is 5. The lowest BCUT2D eigenvalue weighted by molar-refractivity contribution is 0.301. The number of halogens is 1. The summed E-state index contributed by atoms with van der Waals surface area (Å²) in [6.45, 7) is 2.17. The highest BCUT2D eigenvalue weighted by Gasteiger charge is 2.04. The predicted octanol–water partition coefficient (Wildman–Crippen LogP) is 6.89. The molecule has 6 heteroatoms. The zero-order chi connectivity index (χ0) is 22.2. The first-order chi connectivity index (χ1) is 15.7. The summed E-state index contributed by atoms with van der Waals surface area (Å²) in [5.74, 6) is 0.939. The summed E-state index contributed by atoms with van der Waals surface area (Å²) >= 11 is 1.72. The largest absolute Gasteiger partial charge is 0.487 e. The first-order valence-corrected chi connectivity index (χ1v) is 11.5. The molecular formula is C26H25FN2O2S. The molecule has 0 radical (unpaired) electrons. The van der Waals surface area contributed by atoms with Gasteiger partial charge >= 0.3 is 0 Å². The van der Waals surface area contributed by atoms with Gasteiger partial charge in [-0.05, 0) is 68.0 Å². The number of thiazole rings is 1. The Kier molecular flexibility index (Phi) is 7.46. The zero-order valence-electron chi connectivity index (χ0n) is 18.0. The van der Waals surface area contributed by atoms with Gasteiger partial charge in [0, 0.05) is 23.2 Å². The van der Waals surface area contributed by atoms with Gasteiger partial charge < -0.3 is 9.15 Å². The zero-order valence-corrected chi connectivity index (χ0v) is 18.8. The van der Waals surface area contributed by atoms with E-state index in [0.29, 0.717) is 23.8 Å². The van der Waals surface area contributed by atoms with Gasteiger partial charge in [-0.15, -0.1) is 11.3 Å². The SMILES string of the molecule is Cc1ccc(/C=C/c2nc(COc3ccc(CCCCc4nccs4)cc3)co2)c(F)c1. The van der Waals surface area contributed by atoms with Gasteiger partial charge in [0.15, 0.2) is 0 Å². The first-order valence-electron chi connectivity index (χ1n) is 10.6. The Balaban J connectivity index is 1.22. The van der Waals surface area contributed by atoms with Crippen molar-refractivity contribution in [3.05, 3.63) is 99.4 Å². The van der Waals surface area contributed by atoms with Crippen LogP contribution in [-0.2, 0) is 19.4 Å². The van der Waals surface area contributed by atoms with E-state index in [0.717, 1.165) is 37.0 Å². The summed E-state index contributed by atoms with van der Waals surface area (Å²) in [6.07, 6.45) is 11.1. The smallest absolute Gasteiger partial charge is 0.218 e. The Hall–Kier alpha value is -3.25. The van der Waals surface area contributed by atoms with Crippen molar-refractivity contribution in [1.29, 1.82) is 0 Å². The van der Waals surface area contributed by atoms with E-state index < -0.39 is 0 Å². The Bertz CT molecular complexity index is 1150. The van der Waals surface area contributed by atoms with E-state index in [1.165, 1.54) is 16.6 Å². The summed E-state index contributed by atoms with van der Waals surface area (Å²) in [7, 11) is 0. The van der Waals surface area contributed by atoms with Gasteiger partial charge in [0.2, 0.25) is 5.89 Å². The third kappa shape index (κ3) is 6.37. The van der Waals surface area contributed by atoms with Gasteiger partial charge in [0.1, 0.15) is 30.1 Å². The van der Waals surface area contributed by atoms with Gasteiger partial charge in [-0.3, -0.25) is 0 Å². The molecule has 4 rings (SSSR count). The molecule has 2 aromatic carbocycles. The summed E-state index contributed by atoms with van der Waals surface area (Å²) in [4.78, 5) is 8.69. The second-order valence-electron chi connectivity index (χ2n) is 7.60. The van der Waals surface area contributed by atoms with Crippen LogP contribution < -0.4 is 4.74 Å². The minimum atomic E-state index is -0.265. The minimum absolute atomic E-state index is 0.265. The summed E-state index contributed by atoms with van der Waals surface area (Å²) in [6, 6.07) is 13.3. The van der Waals surface area contributed by atoms with Crippen LogP contribution in [0.15, 0.2) is 64.7 Å². The first kappa shape index (κ1) is 22.0. The fraction of sp³-hybridized carbons (Fsp3) is 0.231. The molecule has 0 atom stereocenters. The van der Waals surface area contributed by atoms with Crippen molar-refractivity contribution in [3.8, 4) is 5.75 Å². The molecule has 4 aromatic rings. The Morgan fingerprint density at radius 1 is 1.06 bits per heavy atom. The molecule has 2 heterocycles. The molecule has 0 N–H and O–H groups in total. The van der Waals surface area contributed by atoms with E-state index in [9.17, 15) is 4.39 Å². The highest BCUT2D eigenvalue weighted by molar-refractivity contribution is 7.09. The molecule has 2 aromatic heterocycles. The molecule has 0 fully saturated rings. The van der Waals surface area contributed by atoms with E-state index in [1.807, 2.05) is 36.7 Å². The average molecular weight is 449 g/mol. The quantitative estimate of drug-likeness (QED) is 0.248. The molecule has 0 bridgehead atoms. The molecule has 0 saturated heterocycles. The van der Waals surface area contributed by atoms with Crippen LogP contribution in [0.5, 0.6) is 5.75 Å². The predicted molar refractivity (Wildman–Crippen MR) is 126 cm³/mol. The maximum atomic E-state index is 13.9. The number of aromatic nitrogens is 2.